The number of thiophene rings is 1. The third-order valence-electron chi connectivity index (χ3n) is 5.97. The lowest BCUT2D eigenvalue weighted by Crippen LogP contribution is -2.30. The van der Waals surface area contributed by atoms with E-state index in [4.69, 9.17) is 0 Å². The summed E-state index contributed by atoms with van der Waals surface area (Å²) in [6, 6.07) is 11.4. The molecular weight excluding hydrogens is 472 g/mol. The van der Waals surface area contributed by atoms with E-state index >= 15 is 0 Å². The second-order valence-corrected chi connectivity index (χ2v) is 9.35. The molecule has 0 atom stereocenters. The highest BCUT2D eigenvalue weighted by atomic mass is 32.1. The molecule has 0 unspecified atom stereocenters. The molecule has 1 amide bonds. The molecule has 0 radical (unpaired) electrons. The lowest BCUT2D eigenvalue weighted by Gasteiger charge is -2.08. The number of carbonyl (C=O) groups is 1. The van der Waals surface area contributed by atoms with Gasteiger partial charge in [-0.05, 0) is 48.9 Å². The Hall–Kier alpha value is -4.05. The molecule has 0 saturated carbocycles. The average Bonchev–Trinajstić information content (AvgIpc) is 3.55. The average molecular weight is 494 g/mol. The zero-order valence-corrected chi connectivity index (χ0v) is 19.7. The van der Waals surface area contributed by atoms with E-state index in [2.05, 4.69) is 21.4 Å². The Morgan fingerprint density at radius 1 is 1.14 bits per heavy atom. The maximum absolute atomic E-state index is 13.6. The number of amides is 1. The fraction of sp³-hybridized carbons (Fsp3) is 0.160. The molecule has 7 nitrogen and oxygen atoms in total. The van der Waals surface area contributed by atoms with Crippen LogP contribution in [-0.4, -0.2) is 25.2 Å². The van der Waals surface area contributed by atoms with Crippen LogP contribution < -0.4 is 10.9 Å². The van der Waals surface area contributed by atoms with Crippen LogP contribution in [0.2, 0.25) is 0 Å². The molecule has 5 rings (SSSR count). The van der Waals surface area contributed by atoms with Crippen LogP contribution in [0, 0.1) is 18.6 Å². The molecule has 0 aliphatic rings. The first-order chi connectivity index (χ1) is 16.8. The molecule has 0 saturated heterocycles. The van der Waals surface area contributed by atoms with Crippen LogP contribution in [0.25, 0.3) is 21.5 Å². The van der Waals surface area contributed by atoms with Crippen LogP contribution in [0.5, 0.6) is 0 Å². The minimum absolute atomic E-state index is 0.00839. The number of nitrogens with one attached hydrogen (secondary N) is 2. The fourth-order valence-corrected chi connectivity index (χ4v) is 4.90. The van der Waals surface area contributed by atoms with Crippen LogP contribution in [0.3, 0.4) is 0 Å². The van der Waals surface area contributed by atoms with Gasteiger partial charge in [0.05, 0.1) is 13.1 Å². The topological polar surface area (TPSA) is 84.7 Å². The fourth-order valence-electron chi connectivity index (χ4n) is 3.97. The van der Waals surface area contributed by atoms with Gasteiger partial charge in [-0.15, -0.1) is 11.3 Å². The summed E-state index contributed by atoms with van der Waals surface area (Å²) in [6.45, 7) is 1.94. The highest BCUT2D eigenvalue weighted by molar-refractivity contribution is 7.15. The third-order valence-corrected chi connectivity index (χ3v) is 7.10. The number of fused-ring (bicyclic) bond motifs is 1. The lowest BCUT2D eigenvalue weighted by molar-refractivity contribution is 0.0949. The van der Waals surface area contributed by atoms with Crippen LogP contribution in [0.4, 0.5) is 8.78 Å². The van der Waals surface area contributed by atoms with E-state index in [9.17, 15) is 18.4 Å². The smallest absolute Gasteiger partial charge is 0.280 e. The molecule has 4 aromatic heterocycles. The van der Waals surface area contributed by atoms with Crippen LogP contribution in [-0.2, 0) is 20.1 Å². The molecule has 0 aliphatic carbocycles. The molecule has 0 spiro atoms. The first-order valence-electron chi connectivity index (χ1n) is 10.8. The number of aromatic nitrogens is 4. The van der Waals surface area contributed by atoms with Crippen LogP contribution in [0.15, 0.2) is 59.7 Å². The molecule has 178 valence electrons. The Morgan fingerprint density at radius 2 is 1.97 bits per heavy atom. The SMILES string of the molecule is Cc1c(C(=O)NCc2ccc(-c3cnc4[nH]ccc4c3)s2)c(=O)n(Cc2ccc(F)c(F)c2)n1C. The highest BCUT2D eigenvalue weighted by Crippen LogP contribution is 2.29. The van der Waals surface area contributed by atoms with E-state index in [-0.39, 0.29) is 18.7 Å². The summed E-state index contributed by atoms with van der Waals surface area (Å²) in [5, 5.41) is 3.84. The van der Waals surface area contributed by atoms with Crippen LogP contribution >= 0.6 is 11.3 Å². The van der Waals surface area contributed by atoms with E-state index < -0.39 is 23.1 Å². The van der Waals surface area contributed by atoms with Gasteiger partial charge in [-0.25, -0.2) is 18.4 Å². The number of rotatable bonds is 6. The van der Waals surface area contributed by atoms with Crippen molar-refractivity contribution in [1.29, 1.82) is 0 Å². The van der Waals surface area contributed by atoms with E-state index in [0.717, 1.165) is 38.5 Å². The summed E-state index contributed by atoms with van der Waals surface area (Å²) in [4.78, 5) is 35.3. The van der Waals surface area contributed by atoms with E-state index in [0.29, 0.717) is 11.3 Å². The van der Waals surface area contributed by atoms with Gasteiger partial charge in [0.15, 0.2) is 11.6 Å². The third kappa shape index (κ3) is 4.28. The molecule has 0 bridgehead atoms. The number of benzene rings is 1. The van der Waals surface area contributed by atoms with Gasteiger partial charge in [0, 0.05) is 45.8 Å². The van der Waals surface area contributed by atoms with E-state index in [1.54, 1.807) is 24.9 Å². The Bertz CT molecular complexity index is 1630. The lowest BCUT2D eigenvalue weighted by atomic mass is 10.2. The minimum atomic E-state index is -0.987. The summed E-state index contributed by atoms with van der Waals surface area (Å²) in [5.74, 6) is -2.43. The van der Waals surface area contributed by atoms with Crippen molar-refractivity contribution >= 4 is 28.3 Å². The summed E-state index contributed by atoms with van der Waals surface area (Å²) < 4.78 is 29.7. The predicted molar refractivity (Wildman–Crippen MR) is 130 cm³/mol. The minimum Gasteiger partial charge on any atom is -0.347 e. The van der Waals surface area contributed by atoms with Gasteiger partial charge < -0.3 is 10.3 Å². The quantitative estimate of drug-likeness (QED) is 0.369. The van der Waals surface area contributed by atoms with Crippen molar-refractivity contribution in [2.45, 2.75) is 20.0 Å². The normalized spacial score (nSPS) is 11.3. The van der Waals surface area contributed by atoms with Crippen molar-refractivity contribution in [3.8, 4) is 10.4 Å². The van der Waals surface area contributed by atoms with Crippen LogP contribution in [0.1, 0.15) is 26.5 Å². The Balaban J connectivity index is 1.32. The first kappa shape index (κ1) is 22.7. The van der Waals surface area contributed by atoms with Gasteiger partial charge in [-0.3, -0.25) is 14.3 Å². The molecular formula is C25H21F2N5O2S. The van der Waals surface area contributed by atoms with Gasteiger partial charge in [-0.1, -0.05) is 6.07 Å². The second-order valence-electron chi connectivity index (χ2n) is 8.18. The summed E-state index contributed by atoms with van der Waals surface area (Å²) in [6.07, 6.45) is 3.64. The first-order valence-corrected chi connectivity index (χ1v) is 11.6. The summed E-state index contributed by atoms with van der Waals surface area (Å²) in [7, 11) is 1.65. The number of aromatic amines is 1. The molecule has 0 aliphatic heterocycles. The molecule has 5 aromatic rings. The summed E-state index contributed by atoms with van der Waals surface area (Å²) >= 11 is 1.54. The maximum Gasteiger partial charge on any atom is 0.280 e. The zero-order chi connectivity index (χ0) is 24.7. The van der Waals surface area contributed by atoms with Gasteiger partial charge in [0.25, 0.3) is 11.5 Å². The van der Waals surface area contributed by atoms with Gasteiger partial charge in [-0.2, -0.15) is 0 Å². The standard InChI is InChI=1S/C25H21F2N5O2S/c1-14-22(25(34)32(31(14)2)13-15-3-5-19(26)20(27)9-15)24(33)30-12-18-4-6-21(35-18)17-10-16-7-8-28-23(16)29-11-17/h3-11H,12-13H2,1-2H3,(H,28,29)(H,30,33). The van der Waals surface area contributed by atoms with Gasteiger partial charge in [0.1, 0.15) is 11.2 Å². The van der Waals surface area contributed by atoms with Crippen molar-refractivity contribution in [3.05, 3.63) is 98.5 Å². The number of nitrogens with zero attached hydrogens (tertiary/aromatic N) is 3. The molecule has 35 heavy (non-hydrogen) atoms. The van der Waals surface area contributed by atoms with E-state index in [1.807, 2.05) is 24.4 Å². The summed E-state index contributed by atoms with van der Waals surface area (Å²) in [5.41, 5.74) is 2.23. The van der Waals surface area contributed by atoms with Crippen molar-refractivity contribution < 1.29 is 13.6 Å². The molecule has 2 N–H and O–H groups in total. The van der Waals surface area contributed by atoms with Crippen molar-refractivity contribution in [3.63, 3.8) is 0 Å². The number of H-pyrrole nitrogens is 1. The second kappa shape index (κ2) is 8.95. The molecule has 0 fully saturated rings. The van der Waals surface area contributed by atoms with Gasteiger partial charge >= 0.3 is 0 Å². The monoisotopic (exact) mass is 493 g/mol. The predicted octanol–water partition coefficient (Wildman–Crippen LogP) is 4.36. The van der Waals surface area contributed by atoms with E-state index in [1.165, 1.54) is 22.1 Å². The Kier molecular flexibility index (Phi) is 5.81. The van der Waals surface area contributed by atoms with Crippen molar-refractivity contribution in [2.24, 2.45) is 7.05 Å². The maximum atomic E-state index is 13.6. The number of hydrogen-bond acceptors (Lipinski definition) is 4. The van der Waals surface area contributed by atoms with Gasteiger partial charge in [0.2, 0.25) is 0 Å². The molecule has 4 heterocycles. The zero-order valence-electron chi connectivity index (χ0n) is 18.9. The number of hydrogen-bond donors (Lipinski definition) is 2. The number of carbonyl (C=O) groups excluding carboxylic acids is 1. The Labute approximate surface area is 202 Å². The molecule has 1 aromatic carbocycles. The highest BCUT2D eigenvalue weighted by Gasteiger charge is 2.21. The largest absolute Gasteiger partial charge is 0.347 e. The Morgan fingerprint density at radius 3 is 2.77 bits per heavy atom. The van der Waals surface area contributed by atoms with Crippen molar-refractivity contribution in [2.75, 3.05) is 0 Å². The number of pyridine rings is 1. The molecule has 10 heteroatoms. The number of halogens is 2. The van der Waals surface area contributed by atoms with Crippen molar-refractivity contribution in [1.82, 2.24) is 24.6 Å².